The zero-order chi connectivity index (χ0) is 11.2. The number of carbonyl (C=O) groups is 1. The quantitative estimate of drug-likeness (QED) is 0.723. The first kappa shape index (κ1) is 12.3. The maximum absolute atomic E-state index is 13.2. The Morgan fingerprint density at radius 1 is 1.29 bits per heavy atom. The molecule has 3 nitrogen and oxygen atoms in total. The standard InChI is InChI=1S/C12H12FNO2.ClH/c13-8-1-2-9-10(7-8)12(16-11(9)15)3-5-14-6-4-12;/h1-2,7,14H,3-6H2;1H. The van der Waals surface area contributed by atoms with E-state index in [1.807, 2.05) is 0 Å². The van der Waals surface area contributed by atoms with Crippen LogP contribution in [0.15, 0.2) is 18.2 Å². The summed E-state index contributed by atoms with van der Waals surface area (Å²) in [6.45, 7) is 1.59. The predicted octanol–water partition coefficient (Wildman–Crippen LogP) is 2.00. The molecule has 2 aliphatic heterocycles. The lowest BCUT2D eigenvalue weighted by Crippen LogP contribution is -2.40. The van der Waals surface area contributed by atoms with Gasteiger partial charge in [0.15, 0.2) is 0 Å². The number of rotatable bonds is 0. The maximum atomic E-state index is 13.2. The molecule has 3 rings (SSSR count). The molecule has 17 heavy (non-hydrogen) atoms. The van der Waals surface area contributed by atoms with Gasteiger partial charge in [0.25, 0.3) is 0 Å². The average molecular weight is 258 g/mol. The van der Waals surface area contributed by atoms with Crippen LogP contribution in [0, 0.1) is 5.82 Å². The minimum atomic E-state index is -0.584. The van der Waals surface area contributed by atoms with Crippen LogP contribution in [0.3, 0.4) is 0 Å². The monoisotopic (exact) mass is 257 g/mol. The lowest BCUT2D eigenvalue weighted by atomic mass is 9.84. The Hall–Kier alpha value is -1.13. The van der Waals surface area contributed by atoms with E-state index in [2.05, 4.69) is 5.32 Å². The smallest absolute Gasteiger partial charge is 0.339 e. The van der Waals surface area contributed by atoms with Gasteiger partial charge in [-0.05, 0) is 31.3 Å². The van der Waals surface area contributed by atoms with Gasteiger partial charge in [-0.15, -0.1) is 12.4 Å². The number of benzene rings is 1. The first-order chi connectivity index (χ1) is 7.71. The Balaban J connectivity index is 0.00000108. The molecule has 2 heterocycles. The molecule has 0 amide bonds. The van der Waals surface area contributed by atoms with Crippen LogP contribution in [0.4, 0.5) is 4.39 Å². The fourth-order valence-electron chi connectivity index (χ4n) is 2.56. The third-order valence-corrected chi connectivity index (χ3v) is 3.39. The first-order valence-corrected chi connectivity index (χ1v) is 5.45. The largest absolute Gasteiger partial charge is 0.450 e. The Labute approximate surface area is 105 Å². The summed E-state index contributed by atoms with van der Waals surface area (Å²) in [6.07, 6.45) is 1.43. The fourth-order valence-corrected chi connectivity index (χ4v) is 2.56. The summed E-state index contributed by atoms with van der Waals surface area (Å²) in [5.74, 6) is -0.633. The predicted molar refractivity (Wildman–Crippen MR) is 62.8 cm³/mol. The van der Waals surface area contributed by atoms with Gasteiger partial charge in [0.1, 0.15) is 11.4 Å². The van der Waals surface area contributed by atoms with E-state index in [4.69, 9.17) is 4.74 Å². The molecule has 0 saturated carbocycles. The molecule has 1 aromatic rings. The number of hydrogen-bond donors (Lipinski definition) is 1. The minimum absolute atomic E-state index is 0. The van der Waals surface area contributed by atoms with E-state index >= 15 is 0 Å². The van der Waals surface area contributed by atoms with Gasteiger partial charge in [-0.1, -0.05) is 0 Å². The van der Waals surface area contributed by atoms with E-state index in [0.717, 1.165) is 31.5 Å². The van der Waals surface area contributed by atoms with Gasteiger partial charge in [-0.2, -0.15) is 0 Å². The van der Waals surface area contributed by atoms with Gasteiger partial charge in [-0.3, -0.25) is 0 Å². The maximum Gasteiger partial charge on any atom is 0.339 e. The van der Waals surface area contributed by atoms with Crippen molar-refractivity contribution in [3.63, 3.8) is 0 Å². The van der Waals surface area contributed by atoms with Crippen LogP contribution < -0.4 is 5.32 Å². The molecule has 5 heteroatoms. The van der Waals surface area contributed by atoms with Crippen molar-refractivity contribution in [3.8, 4) is 0 Å². The van der Waals surface area contributed by atoms with Crippen molar-refractivity contribution in [1.82, 2.24) is 5.32 Å². The van der Waals surface area contributed by atoms with Crippen LogP contribution in [0.25, 0.3) is 0 Å². The Bertz CT molecular complexity index is 458. The molecule has 0 aromatic heterocycles. The number of fused-ring (bicyclic) bond motifs is 2. The molecule has 1 saturated heterocycles. The van der Waals surface area contributed by atoms with Crippen LogP contribution in [0.5, 0.6) is 0 Å². The van der Waals surface area contributed by atoms with E-state index in [-0.39, 0.29) is 24.2 Å². The van der Waals surface area contributed by atoms with Crippen LogP contribution in [-0.4, -0.2) is 19.1 Å². The van der Waals surface area contributed by atoms with Gasteiger partial charge >= 0.3 is 5.97 Å². The summed E-state index contributed by atoms with van der Waals surface area (Å²) in [5.41, 5.74) is 0.655. The molecule has 1 N–H and O–H groups in total. The zero-order valence-corrected chi connectivity index (χ0v) is 9.98. The van der Waals surface area contributed by atoms with Crippen LogP contribution >= 0.6 is 12.4 Å². The van der Waals surface area contributed by atoms with Crippen LogP contribution in [-0.2, 0) is 10.3 Å². The molecule has 0 unspecified atom stereocenters. The number of halogens is 2. The van der Waals surface area contributed by atoms with Gasteiger partial charge in [0.05, 0.1) is 5.56 Å². The second-order valence-electron chi connectivity index (χ2n) is 4.32. The molecule has 1 fully saturated rings. The first-order valence-electron chi connectivity index (χ1n) is 5.45. The van der Waals surface area contributed by atoms with Crippen molar-refractivity contribution in [2.45, 2.75) is 18.4 Å². The minimum Gasteiger partial charge on any atom is -0.450 e. The van der Waals surface area contributed by atoms with Crippen molar-refractivity contribution in [2.24, 2.45) is 0 Å². The van der Waals surface area contributed by atoms with Gasteiger partial charge < -0.3 is 10.1 Å². The van der Waals surface area contributed by atoms with Crippen molar-refractivity contribution in [2.75, 3.05) is 13.1 Å². The lowest BCUT2D eigenvalue weighted by Gasteiger charge is -2.33. The Morgan fingerprint density at radius 2 is 2.00 bits per heavy atom. The summed E-state index contributed by atoms with van der Waals surface area (Å²) < 4.78 is 18.7. The normalized spacial score (nSPS) is 20.6. The van der Waals surface area contributed by atoms with E-state index < -0.39 is 5.60 Å². The van der Waals surface area contributed by atoms with Crippen LogP contribution in [0.2, 0.25) is 0 Å². The van der Waals surface area contributed by atoms with E-state index in [0.29, 0.717) is 5.56 Å². The van der Waals surface area contributed by atoms with E-state index in [1.54, 1.807) is 0 Å². The highest BCUT2D eigenvalue weighted by Gasteiger charge is 2.46. The lowest BCUT2D eigenvalue weighted by molar-refractivity contribution is -0.0242. The van der Waals surface area contributed by atoms with E-state index in [1.165, 1.54) is 18.2 Å². The van der Waals surface area contributed by atoms with Gasteiger partial charge in [0, 0.05) is 18.4 Å². The second kappa shape index (κ2) is 4.27. The molecule has 0 aliphatic carbocycles. The number of piperidine rings is 1. The summed E-state index contributed by atoms with van der Waals surface area (Å²) in [6, 6.07) is 4.26. The molecular weight excluding hydrogens is 245 g/mol. The number of nitrogens with one attached hydrogen (secondary N) is 1. The molecule has 0 radical (unpaired) electrons. The summed E-state index contributed by atoms with van der Waals surface area (Å²) in [4.78, 5) is 11.7. The summed E-state index contributed by atoms with van der Waals surface area (Å²) in [7, 11) is 0. The molecule has 1 aromatic carbocycles. The topological polar surface area (TPSA) is 38.3 Å². The average Bonchev–Trinajstić information content (AvgIpc) is 2.53. The number of ether oxygens (including phenoxy) is 1. The molecular formula is C12H13ClFNO2. The highest BCUT2D eigenvalue weighted by atomic mass is 35.5. The van der Waals surface area contributed by atoms with Crippen molar-refractivity contribution in [3.05, 3.63) is 35.1 Å². The highest BCUT2D eigenvalue weighted by Crippen LogP contribution is 2.42. The third-order valence-electron chi connectivity index (χ3n) is 3.39. The second-order valence-corrected chi connectivity index (χ2v) is 4.32. The van der Waals surface area contributed by atoms with Crippen LogP contribution in [0.1, 0.15) is 28.8 Å². The van der Waals surface area contributed by atoms with Crippen molar-refractivity contribution < 1.29 is 13.9 Å². The molecule has 92 valence electrons. The Morgan fingerprint density at radius 3 is 2.71 bits per heavy atom. The molecule has 0 bridgehead atoms. The SMILES string of the molecule is Cl.O=C1OC2(CCNCC2)c2cc(F)ccc21. The third kappa shape index (κ3) is 1.81. The molecule has 0 atom stereocenters. The number of esters is 1. The van der Waals surface area contributed by atoms with Gasteiger partial charge in [0.2, 0.25) is 0 Å². The number of hydrogen-bond acceptors (Lipinski definition) is 3. The summed E-state index contributed by atoms with van der Waals surface area (Å²) >= 11 is 0. The molecule has 2 aliphatic rings. The Kier molecular flexibility index (Phi) is 3.10. The summed E-state index contributed by atoms with van der Waals surface area (Å²) in [5, 5.41) is 3.21. The fraction of sp³-hybridized carbons (Fsp3) is 0.417. The van der Waals surface area contributed by atoms with Gasteiger partial charge in [-0.25, -0.2) is 9.18 Å². The highest BCUT2D eigenvalue weighted by molar-refractivity contribution is 5.94. The zero-order valence-electron chi connectivity index (χ0n) is 9.16. The van der Waals surface area contributed by atoms with E-state index in [9.17, 15) is 9.18 Å². The van der Waals surface area contributed by atoms with Crippen molar-refractivity contribution >= 4 is 18.4 Å². The number of carbonyl (C=O) groups excluding carboxylic acids is 1. The van der Waals surface area contributed by atoms with Crippen molar-refractivity contribution in [1.29, 1.82) is 0 Å². The molecule has 1 spiro atoms.